The Hall–Kier alpha value is -1.45. The first-order valence-electron chi connectivity index (χ1n) is 5.63. The summed E-state index contributed by atoms with van der Waals surface area (Å²) in [5.41, 5.74) is 0.420. The molecule has 1 aromatic rings. The zero-order valence-electron chi connectivity index (χ0n) is 9.24. The van der Waals surface area contributed by atoms with E-state index in [1.165, 1.54) is 18.3 Å². The lowest BCUT2D eigenvalue weighted by Gasteiger charge is -2.03. The highest BCUT2D eigenvalue weighted by Gasteiger charge is 2.37. The molecule has 0 spiro atoms. The number of hydrogen-bond donors (Lipinski definition) is 1. The van der Waals surface area contributed by atoms with E-state index in [9.17, 15) is 9.18 Å². The third-order valence-corrected chi connectivity index (χ3v) is 2.89. The molecular formula is C12H15FN2O. The number of rotatable bonds is 4. The summed E-state index contributed by atoms with van der Waals surface area (Å²) in [4.78, 5) is 15.1. The molecule has 1 aromatic heterocycles. The zero-order valence-corrected chi connectivity index (χ0v) is 9.24. The maximum absolute atomic E-state index is 12.5. The molecule has 4 heteroatoms. The SMILES string of the molecule is CCCC1CC1NC(=O)c1ccc(F)nc1. The van der Waals surface area contributed by atoms with Gasteiger partial charge in [-0.1, -0.05) is 13.3 Å². The molecule has 0 saturated heterocycles. The zero-order chi connectivity index (χ0) is 11.5. The molecule has 0 aliphatic heterocycles. The van der Waals surface area contributed by atoms with Crippen LogP contribution in [0.4, 0.5) is 4.39 Å². The molecule has 1 aliphatic carbocycles. The van der Waals surface area contributed by atoms with Crippen molar-refractivity contribution in [1.82, 2.24) is 10.3 Å². The van der Waals surface area contributed by atoms with E-state index in [-0.39, 0.29) is 5.91 Å². The number of nitrogens with zero attached hydrogens (tertiary/aromatic N) is 1. The van der Waals surface area contributed by atoms with Gasteiger partial charge in [0, 0.05) is 12.2 Å². The fourth-order valence-corrected chi connectivity index (χ4v) is 1.88. The van der Waals surface area contributed by atoms with Gasteiger partial charge in [-0.05, 0) is 30.9 Å². The molecule has 2 unspecified atom stereocenters. The van der Waals surface area contributed by atoms with E-state index in [2.05, 4.69) is 17.2 Å². The van der Waals surface area contributed by atoms with Gasteiger partial charge in [-0.3, -0.25) is 4.79 Å². The van der Waals surface area contributed by atoms with Crippen molar-refractivity contribution in [2.45, 2.75) is 32.2 Å². The predicted octanol–water partition coefficient (Wildman–Crippen LogP) is 2.14. The van der Waals surface area contributed by atoms with E-state index >= 15 is 0 Å². The lowest BCUT2D eigenvalue weighted by atomic mass is 10.2. The first kappa shape index (κ1) is 11.0. The molecule has 1 heterocycles. The topological polar surface area (TPSA) is 42.0 Å². The van der Waals surface area contributed by atoms with Crippen LogP contribution < -0.4 is 5.32 Å². The van der Waals surface area contributed by atoms with Crippen molar-refractivity contribution in [3.05, 3.63) is 29.8 Å². The largest absolute Gasteiger partial charge is 0.349 e. The molecule has 86 valence electrons. The van der Waals surface area contributed by atoms with Crippen LogP contribution in [0.3, 0.4) is 0 Å². The van der Waals surface area contributed by atoms with Crippen molar-refractivity contribution in [2.75, 3.05) is 0 Å². The number of nitrogens with one attached hydrogen (secondary N) is 1. The normalized spacial score (nSPS) is 22.9. The Labute approximate surface area is 94.1 Å². The van der Waals surface area contributed by atoms with Gasteiger partial charge in [-0.25, -0.2) is 4.98 Å². The predicted molar refractivity (Wildman–Crippen MR) is 58.5 cm³/mol. The highest BCUT2D eigenvalue weighted by molar-refractivity contribution is 5.94. The lowest BCUT2D eigenvalue weighted by Crippen LogP contribution is -2.26. The van der Waals surface area contributed by atoms with Crippen LogP contribution in [0.5, 0.6) is 0 Å². The summed E-state index contributed by atoms with van der Waals surface area (Å²) in [6, 6.07) is 2.96. The second kappa shape index (κ2) is 4.60. The smallest absolute Gasteiger partial charge is 0.253 e. The first-order valence-corrected chi connectivity index (χ1v) is 5.63. The summed E-state index contributed by atoms with van der Waals surface area (Å²) in [7, 11) is 0. The second-order valence-electron chi connectivity index (χ2n) is 4.23. The summed E-state index contributed by atoms with van der Waals surface area (Å²) >= 11 is 0. The Morgan fingerprint density at radius 1 is 1.62 bits per heavy atom. The van der Waals surface area contributed by atoms with Gasteiger partial charge in [0.1, 0.15) is 0 Å². The summed E-state index contributed by atoms with van der Waals surface area (Å²) in [6.07, 6.45) is 4.64. The first-order chi connectivity index (χ1) is 7.70. The van der Waals surface area contributed by atoms with Crippen molar-refractivity contribution >= 4 is 5.91 Å². The quantitative estimate of drug-likeness (QED) is 0.793. The standard InChI is InChI=1S/C12H15FN2O/c1-2-3-8-6-10(8)15-12(16)9-4-5-11(13)14-7-9/h4-5,7-8,10H,2-3,6H2,1H3,(H,15,16). The molecule has 1 amide bonds. The number of amides is 1. The molecule has 2 atom stereocenters. The molecule has 1 N–H and O–H groups in total. The molecule has 0 bridgehead atoms. The number of aromatic nitrogens is 1. The van der Waals surface area contributed by atoms with Gasteiger partial charge in [0.15, 0.2) is 0 Å². The van der Waals surface area contributed by atoms with E-state index in [0.717, 1.165) is 19.3 Å². The van der Waals surface area contributed by atoms with Crippen LogP contribution in [0.25, 0.3) is 0 Å². The minimum absolute atomic E-state index is 0.156. The Bertz CT molecular complexity index is 377. The molecule has 0 aromatic carbocycles. The molecular weight excluding hydrogens is 207 g/mol. The van der Waals surface area contributed by atoms with Gasteiger partial charge in [0.25, 0.3) is 5.91 Å². The highest BCUT2D eigenvalue weighted by atomic mass is 19.1. The van der Waals surface area contributed by atoms with Crippen LogP contribution in [0, 0.1) is 11.9 Å². The Morgan fingerprint density at radius 2 is 2.44 bits per heavy atom. The number of hydrogen-bond acceptors (Lipinski definition) is 2. The van der Waals surface area contributed by atoms with Crippen molar-refractivity contribution in [1.29, 1.82) is 0 Å². The van der Waals surface area contributed by atoms with Crippen LogP contribution in [0.2, 0.25) is 0 Å². The third kappa shape index (κ3) is 2.56. The maximum atomic E-state index is 12.5. The maximum Gasteiger partial charge on any atom is 0.253 e. The summed E-state index contributed by atoms with van der Waals surface area (Å²) < 4.78 is 12.5. The molecule has 1 saturated carbocycles. The van der Waals surface area contributed by atoms with E-state index in [1.54, 1.807) is 0 Å². The number of pyridine rings is 1. The van der Waals surface area contributed by atoms with Crippen molar-refractivity contribution in [3.8, 4) is 0 Å². The van der Waals surface area contributed by atoms with Crippen molar-refractivity contribution in [3.63, 3.8) is 0 Å². The average Bonchev–Trinajstić information content (AvgIpc) is 2.98. The van der Waals surface area contributed by atoms with Gasteiger partial charge >= 0.3 is 0 Å². The van der Waals surface area contributed by atoms with E-state index in [4.69, 9.17) is 0 Å². The van der Waals surface area contributed by atoms with Crippen LogP contribution in [-0.4, -0.2) is 16.9 Å². The van der Waals surface area contributed by atoms with Crippen LogP contribution in [0.15, 0.2) is 18.3 Å². The molecule has 1 fully saturated rings. The number of carbonyl (C=O) groups excluding carboxylic acids is 1. The minimum Gasteiger partial charge on any atom is -0.349 e. The molecule has 3 nitrogen and oxygen atoms in total. The highest BCUT2D eigenvalue weighted by Crippen LogP contribution is 2.34. The van der Waals surface area contributed by atoms with Gasteiger partial charge in [0.2, 0.25) is 5.95 Å². The second-order valence-corrected chi connectivity index (χ2v) is 4.23. The average molecular weight is 222 g/mol. The van der Waals surface area contributed by atoms with Crippen LogP contribution >= 0.6 is 0 Å². The van der Waals surface area contributed by atoms with Gasteiger partial charge in [-0.2, -0.15) is 4.39 Å². The third-order valence-electron chi connectivity index (χ3n) is 2.89. The van der Waals surface area contributed by atoms with Gasteiger partial charge < -0.3 is 5.32 Å². The fraction of sp³-hybridized carbons (Fsp3) is 0.500. The molecule has 0 radical (unpaired) electrons. The molecule has 2 rings (SSSR count). The monoisotopic (exact) mass is 222 g/mol. The van der Waals surface area contributed by atoms with Crippen LogP contribution in [-0.2, 0) is 0 Å². The van der Waals surface area contributed by atoms with Crippen LogP contribution in [0.1, 0.15) is 36.5 Å². The Morgan fingerprint density at radius 3 is 3.06 bits per heavy atom. The Kier molecular flexibility index (Phi) is 3.17. The summed E-state index contributed by atoms with van der Waals surface area (Å²) in [6.45, 7) is 2.14. The van der Waals surface area contributed by atoms with Gasteiger partial charge in [-0.15, -0.1) is 0 Å². The number of carbonyl (C=O) groups is 1. The van der Waals surface area contributed by atoms with Gasteiger partial charge in [0.05, 0.1) is 5.56 Å². The Balaban J connectivity index is 1.87. The summed E-state index contributed by atoms with van der Waals surface area (Å²) in [5, 5.41) is 2.92. The lowest BCUT2D eigenvalue weighted by molar-refractivity contribution is 0.0948. The van der Waals surface area contributed by atoms with E-state index in [0.29, 0.717) is 17.5 Å². The van der Waals surface area contributed by atoms with Crippen molar-refractivity contribution in [2.24, 2.45) is 5.92 Å². The van der Waals surface area contributed by atoms with E-state index in [1.807, 2.05) is 0 Å². The molecule has 1 aliphatic rings. The molecule has 16 heavy (non-hydrogen) atoms. The number of halogens is 1. The summed E-state index contributed by atoms with van der Waals surface area (Å²) in [5.74, 6) is -0.0923. The minimum atomic E-state index is -0.563. The van der Waals surface area contributed by atoms with Crippen molar-refractivity contribution < 1.29 is 9.18 Å². The van der Waals surface area contributed by atoms with E-state index < -0.39 is 5.95 Å². The fourth-order valence-electron chi connectivity index (χ4n) is 1.88.